The second-order valence-electron chi connectivity index (χ2n) is 9.91. The quantitative estimate of drug-likeness (QED) is 0.327. The summed E-state index contributed by atoms with van der Waals surface area (Å²) in [6, 6.07) is 15.3. The average molecular weight is 562 g/mol. The normalized spacial score (nSPS) is 17.7. The number of benzene rings is 2. The van der Waals surface area contributed by atoms with Gasteiger partial charge in [-0.15, -0.1) is 0 Å². The molecule has 1 atom stereocenters. The average Bonchev–Trinajstić information content (AvgIpc) is 3.47. The molecule has 39 heavy (non-hydrogen) atoms. The molecule has 9 nitrogen and oxygen atoms in total. The number of nitrogens with zero attached hydrogens (tertiary/aromatic N) is 5. The van der Waals surface area contributed by atoms with Gasteiger partial charge in [-0.25, -0.2) is 9.97 Å². The van der Waals surface area contributed by atoms with Crippen molar-refractivity contribution in [1.82, 2.24) is 19.7 Å². The maximum absolute atomic E-state index is 12.7. The van der Waals surface area contributed by atoms with E-state index in [9.17, 15) is 4.79 Å². The fourth-order valence-corrected chi connectivity index (χ4v) is 6.49. The molecule has 4 heterocycles. The molecular weight excluding hydrogens is 534 g/mol. The molecule has 200 valence electrons. The molecule has 1 saturated heterocycles. The number of carbonyl (C=O) groups is 1. The summed E-state index contributed by atoms with van der Waals surface area (Å²) in [6.07, 6.45) is 3.24. The molecule has 1 fully saturated rings. The number of para-hydroxylation sites is 1. The number of nitrogen functional groups attached to an aromatic ring is 1. The van der Waals surface area contributed by atoms with Crippen molar-refractivity contribution in [1.29, 1.82) is 0 Å². The van der Waals surface area contributed by atoms with E-state index in [0.29, 0.717) is 41.8 Å². The summed E-state index contributed by atoms with van der Waals surface area (Å²) in [6.45, 7) is 2.71. The van der Waals surface area contributed by atoms with Crippen LogP contribution in [0.15, 0.2) is 64.6 Å². The number of aryl methyl sites for hydroxylation is 1. The number of fused-ring (bicyclic) bond motifs is 1. The van der Waals surface area contributed by atoms with Crippen LogP contribution in [0.4, 0.5) is 11.6 Å². The van der Waals surface area contributed by atoms with Gasteiger partial charge in [0.25, 0.3) is 0 Å². The number of nitrogens with two attached hydrogens (primary N) is 2. The van der Waals surface area contributed by atoms with Crippen molar-refractivity contribution in [2.45, 2.75) is 41.3 Å². The first kappa shape index (κ1) is 25.7. The number of piperidine rings is 1. The highest BCUT2D eigenvalue weighted by Crippen LogP contribution is 2.47. The van der Waals surface area contributed by atoms with Crippen molar-refractivity contribution in [3.63, 3.8) is 0 Å². The van der Waals surface area contributed by atoms with E-state index >= 15 is 0 Å². The fourth-order valence-electron chi connectivity index (χ4n) is 5.31. The lowest BCUT2D eigenvalue weighted by molar-refractivity contribution is 0.0430. The summed E-state index contributed by atoms with van der Waals surface area (Å²) in [5.74, 6) is 1.38. The van der Waals surface area contributed by atoms with Gasteiger partial charge >= 0.3 is 0 Å². The van der Waals surface area contributed by atoms with E-state index in [-0.39, 0.29) is 23.3 Å². The Kier molecular flexibility index (Phi) is 6.49. The number of Topliss-reactive ketones (excluding diaryl/α,β-unsaturated/α-hetero) is 1. The third-order valence-electron chi connectivity index (χ3n) is 7.41. The second-order valence-corrected chi connectivity index (χ2v) is 11.3. The zero-order valence-electron chi connectivity index (χ0n) is 21.6. The summed E-state index contributed by atoms with van der Waals surface area (Å²) < 4.78 is 8.09. The van der Waals surface area contributed by atoms with Crippen LogP contribution in [0.5, 0.6) is 5.75 Å². The minimum absolute atomic E-state index is 0.186. The molecule has 1 spiro atoms. The van der Waals surface area contributed by atoms with Crippen LogP contribution in [-0.4, -0.2) is 44.2 Å². The van der Waals surface area contributed by atoms with Gasteiger partial charge < -0.3 is 21.1 Å². The summed E-state index contributed by atoms with van der Waals surface area (Å²) in [5.41, 5.74) is 15.4. The Labute approximate surface area is 235 Å². The molecule has 6 rings (SSSR count). The third-order valence-corrected chi connectivity index (χ3v) is 8.98. The number of ether oxygens (including phenoxy) is 1. The van der Waals surface area contributed by atoms with Gasteiger partial charge in [-0.05, 0) is 18.2 Å². The third kappa shape index (κ3) is 4.52. The van der Waals surface area contributed by atoms with Crippen LogP contribution < -0.4 is 21.1 Å². The number of anilines is 2. The first-order valence-electron chi connectivity index (χ1n) is 12.7. The zero-order valence-corrected chi connectivity index (χ0v) is 23.2. The zero-order chi connectivity index (χ0) is 27.3. The maximum Gasteiger partial charge on any atom is 0.181 e. The highest BCUT2D eigenvalue weighted by Gasteiger charge is 2.48. The number of rotatable bonds is 5. The molecule has 0 bridgehead atoms. The molecule has 2 aromatic heterocycles. The van der Waals surface area contributed by atoms with Crippen molar-refractivity contribution in [2.24, 2.45) is 12.8 Å². The molecule has 11 heteroatoms. The number of aromatic nitrogens is 4. The van der Waals surface area contributed by atoms with Gasteiger partial charge in [-0.2, -0.15) is 5.10 Å². The number of hydrogen-bond donors (Lipinski definition) is 2. The Bertz CT molecular complexity index is 1580. The van der Waals surface area contributed by atoms with E-state index < -0.39 is 5.60 Å². The second kappa shape index (κ2) is 9.86. The van der Waals surface area contributed by atoms with E-state index in [4.69, 9.17) is 27.8 Å². The predicted octanol–water partition coefficient (Wildman–Crippen LogP) is 4.90. The standard InChI is InChI=1S/C28H28ClN7O2S/c1-16(37)23-26(36-14-11-28(12-15-36)24(30)18-6-3-4-8-20(18)38-28)33-25(31)27(32-23)39-21-9-5-7-17(22(21)29)19-10-13-35(2)34-19/h3-10,13,24H,11-12,14-15,30H2,1-2H3,(H2,31,33)/t24-/m1/s1. The minimum Gasteiger partial charge on any atom is -0.485 e. The first-order chi connectivity index (χ1) is 18.8. The molecule has 0 unspecified atom stereocenters. The summed E-state index contributed by atoms with van der Waals surface area (Å²) >= 11 is 8.04. The fraction of sp³-hybridized carbons (Fsp3) is 0.286. The molecule has 0 aliphatic carbocycles. The molecular formula is C28H28ClN7O2S. The number of halogens is 1. The van der Waals surface area contributed by atoms with Gasteiger partial charge in [0.15, 0.2) is 17.4 Å². The Morgan fingerprint density at radius 2 is 1.90 bits per heavy atom. The number of carbonyl (C=O) groups excluding carboxylic acids is 1. The molecule has 0 saturated carbocycles. The molecule has 0 radical (unpaired) electrons. The van der Waals surface area contributed by atoms with Crippen molar-refractivity contribution >= 4 is 40.8 Å². The molecule has 4 N–H and O–H groups in total. The summed E-state index contributed by atoms with van der Waals surface area (Å²) in [5, 5.41) is 5.41. The van der Waals surface area contributed by atoms with Crippen molar-refractivity contribution < 1.29 is 9.53 Å². The lowest BCUT2D eigenvalue weighted by Crippen LogP contribution is -2.52. The highest BCUT2D eigenvalue weighted by atomic mass is 35.5. The lowest BCUT2D eigenvalue weighted by Gasteiger charge is -2.41. The Balaban J connectivity index is 1.25. The van der Waals surface area contributed by atoms with E-state index in [1.807, 2.05) is 66.7 Å². The Morgan fingerprint density at radius 3 is 2.59 bits per heavy atom. The van der Waals surface area contributed by atoms with E-state index in [1.54, 1.807) is 4.68 Å². The van der Waals surface area contributed by atoms with Crippen LogP contribution >= 0.6 is 23.4 Å². The smallest absolute Gasteiger partial charge is 0.181 e. The summed E-state index contributed by atoms with van der Waals surface area (Å²) in [7, 11) is 1.85. The van der Waals surface area contributed by atoms with Crippen LogP contribution in [0.25, 0.3) is 11.3 Å². The lowest BCUT2D eigenvalue weighted by atomic mass is 9.83. The van der Waals surface area contributed by atoms with Crippen LogP contribution in [0.1, 0.15) is 41.9 Å². The van der Waals surface area contributed by atoms with Gasteiger partial charge in [0.1, 0.15) is 22.1 Å². The van der Waals surface area contributed by atoms with Crippen LogP contribution in [0.2, 0.25) is 5.02 Å². The van der Waals surface area contributed by atoms with Gasteiger partial charge in [-0.3, -0.25) is 9.48 Å². The van der Waals surface area contributed by atoms with Crippen molar-refractivity contribution in [3.8, 4) is 17.0 Å². The molecule has 2 aromatic carbocycles. The Morgan fingerprint density at radius 1 is 1.13 bits per heavy atom. The van der Waals surface area contributed by atoms with Crippen LogP contribution in [0, 0.1) is 0 Å². The monoisotopic (exact) mass is 561 g/mol. The highest BCUT2D eigenvalue weighted by molar-refractivity contribution is 7.99. The van der Waals surface area contributed by atoms with Crippen LogP contribution in [-0.2, 0) is 7.05 Å². The number of ketones is 1. The van der Waals surface area contributed by atoms with Gasteiger partial charge in [0.2, 0.25) is 0 Å². The SMILES string of the molecule is CC(=O)c1nc(Sc2cccc(-c3ccn(C)n3)c2Cl)c(N)nc1N1CCC2(CC1)Oc1ccccc1[C@H]2N. The van der Waals surface area contributed by atoms with Gasteiger partial charge in [0.05, 0.1) is 16.8 Å². The van der Waals surface area contributed by atoms with Crippen molar-refractivity contribution in [3.05, 3.63) is 71.0 Å². The van der Waals surface area contributed by atoms with Gasteiger partial charge in [-0.1, -0.05) is 53.7 Å². The van der Waals surface area contributed by atoms with E-state index in [0.717, 1.165) is 27.5 Å². The van der Waals surface area contributed by atoms with Crippen LogP contribution in [0.3, 0.4) is 0 Å². The number of hydrogen-bond acceptors (Lipinski definition) is 9. The molecule has 2 aliphatic rings. The molecule has 2 aliphatic heterocycles. The molecule has 0 amide bonds. The largest absolute Gasteiger partial charge is 0.485 e. The predicted molar refractivity (Wildman–Crippen MR) is 152 cm³/mol. The van der Waals surface area contributed by atoms with Gasteiger partial charge in [0, 0.05) is 62.1 Å². The van der Waals surface area contributed by atoms with Crippen molar-refractivity contribution in [2.75, 3.05) is 23.7 Å². The first-order valence-corrected chi connectivity index (χ1v) is 13.9. The molecule has 4 aromatic rings. The maximum atomic E-state index is 12.7. The van der Waals surface area contributed by atoms with E-state index in [2.05, 4.69) is 15.1 Å². The summed E-state index contributed by atoms with van der Waals surface area (Å²) in [4.78, 5) is 24.9. The topological polar surface area (TPSA) is 125 Å². The van der Waals surface area contributed by atoms with E-state index in [1.165, 1.54) is 18.7 Å². The minimum atomic E-state index is -0.472. The Hall–Kier alpha value is -3.60.